The minimum atomic E-state index is 0.433. The van der Waals surface area contributed by atoms with E-state index >= 15 is 0 Å². The molecule has 0 amide bonds. The van der Waals surface area contributed by atoms with E-state index < -0.39 is 0 Å². The Morgan fingerprint density at radius 1 is 1.27 bits per heavy atom. The first-order valence-electron chi connectivity index (χ1n) is 4.67. The molecule has 0 aliphatic carbocycles. The van der Waals surface area contributed by atoms with Crippen molar-refractivity contribution in [3.8, 4) is 10.6 Å². The van der Waals surface area contributed by atoms with Crippen molar-refractivity contribution < 1.29 is 0 Å². The molecule has 0 spiro atoms. The van der Waals surface area contributed by atoms with Gasteiger partial charge in [-0.15, -0.1) is 21.8 Å². The van der Waals surface area contributed by atoms with Gasteiger partial charge in [0, 0.05) is 5.56 Å². The number of benzene rings is 1. The second-order valence-corrected chi connectivity index (χ2v) is 4.71. The number of nitrogens with zero attached hydrogens (tertiary/aromatic N) is 2. The van der Waals surface area contributed by atoms with Crippen LogP contribution in [0.15, 0.2) is 18.2 Å². The maximum atomic E-state index is 5.71. The summed E-state index contributed by atoms with van der Waals surface area (Å²) in [6.45, 7) is 4.20. The third kappa shape index (κ3) is 2.03. The van der Waals surface area contributed by atoms with Crippen molar-refractivity contribution in [3.05, 3.63) is 34.3 Å². The predicted molar refractivity (Wildman–Crippen MR) is 64.4 cm³/mol. The number of aryl methyl sites for hydroxylation is 1. The Labute approximate surface area is 97.9 Å². The molecule has 0 radical (unpaired) electrons. The highest BCUT2D eigenvalue weighted by Gasteiger charge is 2.09. The van der Waals surface area contributed by atoms with Gasteiger partial charge in [0.05, 0.1) is 5.88 Å². The molecule has 0 bridgehead atoms. The second kappa shape index (κ2) is 4.29. The van der Waals surface area contributed by atoms with Crippen LogP contribution in [0, 0.1) is 13.8 Å². The molecule has 0 aliphatic rings. The van der Waals surface area contributed by atoms with Crippen molar-refractivity contribution >= 4 is 22.9 Å². The molecule has 15 heavy (non-hydrogen) atoms. The Kier molecular flexibility index (Phi) is 3.03. The van der Waals surface area contributed by atoms with Gasteiger partial charge < -0.3 is 0 Å². The summed E-state index contributed by atoms with van der Waals surface area (Å²) in [6, 6.07) is 6.21. The molecule has 78 valence electrons. The van der Waals surface area contributed by atoms with Gasteiger partial charge in [0.2, 0.25) is 0 Å². The molecule has 1 aromatic heterocycles. The zero-order valence-corrected chi connectivity index (χ0v) is 10.2. The summed E-state index contributed by atoms with van der Waals surface area (Å²) in [5, 5.41) is 9.98. The van der Waals surface area contributed by atoms with E-state index in [1.165, 1.54) is 11.1 Å². The fraction of sp³-hybridized carbons (Fsp3) is 0.273. The monoisotopic (exact) mass is 238 g/mol. The summed E-state index contributed by atoms with van der Waals surface area (Å²) in [5.74, 6) is 0.433. The molecule has 2 nitrogen and oxygen atoms in total. The number of hydrogen-bond acceptors (Lipinski definition) is 3. The van der Waals surface area contributed by atoms with E-state index in [-0.39, 0.29) is 0 Å². The van der Waals surface area contributed by atoms with Crippen molar-refractivity contribution in [1.82, 2.24) is 10.2 Å². The van der Waals surface area contributed by atoms with Crippen LogP contribution in [0.25, 0.3) is 10.6 Å². The van der Waals surface area contributed by atoms with E-state index in [0.29, 0.717) is 5.88 Å². The van der Waals surface area contributed by atoms with Crippen LogP contribution in [0.3, 0.4) is 0 Å². The van der Waals surface area contributed by atoms with Crippen molar-refractivity contribution in [2.45, 2.75) is 19.7 Å². The zero-order valence-electron chi connectivity index (χ0n) is 8.62. The van der Waals surface area contributed by atoms with E-state index in [4.69, 9.17) is 11.6 Å². The Balaban J connectivity index is 2.49. The quantitative estimate of drug-likeness (QED) is 0.748. The second-order valence-electron chi connectivity index (χ2n) is 3.38. The lowest BCUT2D eigenvalue weighted by Crippen LogP contribution is -1.86. The van der Waals surface area contributed by atoms with Crippen LogP contribution < -0.4 is 0 Å². The first-order chi connectivity index (χ1) is 7.22. The average Bonchev–Trinajstić information content (AvgIpc) is 2.70. The average molecular weight is 239 g/mol. The van der Waals surface area contributed by atoms with E-state index in [1.807, 2.05) is 6.07 Å². The van der Waals surface area contributed by atoms with Gasteiger partial charge in [-0.25, -0.2) is 0 Å². The molecule has 0 saturated carbocycles. The van der Waals surface area contributed by atoms with E-state index in [2.05, 4.69) is 36.2 Å². The molecule has 2 aromatic rings. The van der Waals surface area contributed by atoms with E-state index in [1.54, 1.807) is 11.3 Å². The Morgan fingerprint density at radius 3 is 2.73 bits per heavy atom. The maximum absolute atomic E-state index is 5.71. The number of halogens is 1. The largest absolute Gasteiger partial charge is 0.148 e. The molecular weight excluding hydrogens is 228 g/mol. The first-order valence-corrected chi connectivity index (χ1v) is 6.02. The molecule has 1 aromatic carbocycles. The van der Waals surface area contributed by atoms with Crippen molar-refractivity contribution in [3.63, 3.8) is 0 Å². The van der Waals surface area contributed by atoms with Gasteiger partial charge in [-0.2, -0.15) is 0 Å². The number of aromatic nitrogens is 2. The SMILES string of the molecule is Cc1cccc(-c2nnc(CCl)s2)c1C. The first kappa shape index (κ1) is 10.6. The third-order valence-corrected chi connectivity index (χ3v) is 3.78. The minimum Gasteiger partial charge on any atom is -0.142 e. The maximum Gasteiger partial charge on any atom is 0.148 e. The third-order valence-electron chi connectivity index (χ3n) is 2.42. The van der Waals surface area contributed by atoms with Gasteiger partial charge in [0.1, 0.15) is 10.0 Å². The highest BCUT2D eigenvalue weighted by atomic mass is 35.5. The fourth-order valence-electron chi connectivity index (χ4n) is 1.40. The fourth-order valence-corrected chi connectivity index (χ4v) is 2.39. The van der Waals surface area contributed by atoms with Crippen molar-refractivity contribution in [2.75, 3.05) is 0 Å². The topological polar surface area (TPSA) is 25.8 Å². The molecule has 1 heterocycles. The molecule has 2 rings (SSSR count). The van der Waals surface area contributed by atoms with Crippen LogP contribution in [0.2, 0.25) is 0 Å². The van der Waals surface area contributed by atoms with Crippen molar-refractivity contribution in [2.24, 2.45) is 0 Å². The molecule has 0 saturated heterocycles. The van der Waals surface area contributed by atoms with Gasteiger partial charge in [-0.3, -0.25) is 0 Å². The summed E-state index contributed by atoms with van der Waals surface area (Å²) < 4.78 is 0. The lowest BCUT2D eigenvalue weighted by Gasteiger charge is -2.03. The van der Waals surface area contributed by atoms with Gasteiger partial charge in [0.15, 0.2) is 0 Å². The van der Waals surface area contributed by atoms with Crippen LogP contribution in [-0.4, -0.2) is 10.2 Å². The Bertz CT molecular complexity index is 479. The van der Waals surface area contributed by atoms with Crippen LogP contribution >= 0.6 is 22.9 Å². The molecule has 0 N–H and O–H groups in total. The summed E-state index contributed by atoms with van der Waals surface area (Å²) in [5.41, 5.74) is 3.69. The predicted octanol–water partition coefficient (Wildman–Crippen LogP) is 3.56. The molecule has 0 fully saturated rings. The Hall–Kier alpha value is -0.930. The summed E-state index contributed by atoms with van der Waals surface area (Å²) in [6.07, 6.45) is 0. The van der Waals surface area contributed by atoms with Gasteiger partial charge >= 0.3 is 0 Å². The van der Waals surface area contributed by atoms with Crippen LogP contribution in [0.4, 0.5) is 0 Å². The van der Waals surface area contributed by atoms with Crippen LogP contribution in [0.1, 0.15) is 16.1 Å². The number of rotatable bonds is 2. The van der Waals surface area contributed by atoms with Gasteiger partial charge in [-0.05, 0) is 25.0 Å². The number of hydrogen-bond donors (Lipinski definition) is 0. The molecule has 0 atom stereocenters. The van der Waals surface area contributed by atoms with Gasteiger partial charge in [0.25, 0.3) is 0 Å². The normalized spacial score (nSPS) is 10.6. The summed E-state index contributed by atoms with van der Waals surface area (Å²) in [7, 11) is 0. The highest BCUT2D eigenvalue weighted by Crippen LogP contribution is 2.28. The molecule has 4 heteroatoms. The summed E-state index contributed by atoms with van der Waals surface area (Å²) >= 11 is 7.26. The van der Waals surface area contributed by atoms with E-state index in [9.17, 15) is 0 Å². The van der Waals surface area contributed by atoms with Crippen LogP contribution in [0.5, 0.6) is 0 Å². The van der Waals surface area contributed by atoms with Crippen LogP contribution in [-0.2, 0) is 5.88 Å². The smallest absolute Gasteiger partial charge is 0.142 e. The van der Waals surface area contributed by atoms with E-state index in [0.717, 1.165) is 15.6 Å². The lowest BCUT2D eigenvalue weighted by molar-refractivity contribution is 1.04. The molecular formula is C11H11ClN2S. The van der Waals surface area contributed by atoms with Crippen molar-refractivity contribution in [1.29, 1.82) is 0 Å². The number of alkyl halides is 1. The standard InChI is InChI=1S/C11H11ClN2S/c1-7-4-3-5-9(8(7)2)11-14-13-10(6-12)15-11/h3-5H,6H2,1-2H3. The summed E-state index contributed by atoms with van der Waals surface area (Å²) in [4.78, 5) is 0. The zero-order chi connectivity index (χ0) is 10.8. The molecule has 0 unspecified atom stereocenters. The lowest BCUT2D eigenvalue weighted by atomic mass is 10.0. The highest BCUT2D eigenvalue weighted by molar-refractivity contribution is 7.14. The van der Waals surface area contributed by atoms with Gasteiger partial charge in [-0.1, -0.05) is 29.5 Å². The molecule has 0 aliphatic heterocycles. The minimum absolute atomic E-state index is 0.433. The Morgan fingerprint density at radius 2 is 2.07 bits per heavy atom.